The fourth-order valence-electron chi connectivity index (χ4n) is 1.59. The van der Waals surface area contributed by atoms with Crippen molar-refractivity contribution in [3.05, 3.63) is 24.3 Å². The number of allylic oxidation sites excluding steroid dienone is 4. The van der Waals surface area contributed by atoms with Crippen LogP contribution in [0.3, 0.4) is 0 Å². The molecule has 0 amide bonds. The first-order valence-electron chi connectivity index (χ1n) is 5.46. The molecular weight excluding hydrogens is 170 g/mol. The third kappa shape index (κ3) is 4.10. The second-order valence-corrected chi connectivity index (χ2v) is 5.73. The molecule has 1 nitrogen and oxygen atoms in total. The van der Waals surface area contributed by atoms with Crippen molar-refractivity contribution >= 4 is 0 Å². The van der Waals surface area contributed by atoms with Gasteiger partial charge in [0.2, 0.25) is 0 Å². The minimum Gasteiger partial charge on any atom is -0.326 e. The molecule has 0 spiro atoms. The third-order valence-electron chi connectivity index (χ3n) is 2.67. The first-order chi connectivity index (χ1) is 6.29. The van der Waals surface area contributed by atoms with Gasteiger partial charge in [0.1, 0.15) is 0 Å². The molecule has 0 aliphatic heterocycles. The van der Waals surface area contributed by atoms with Crippen LogP contribution in [0.25, 0.3) is 0 Å². The Morgan fingerprint density at radius 2 is 1.71 bits per heavy atom. The Kier molecular flexibility index (Phi) is 3.20. The smallest absolute Gasteiger partial charge is 0.00973 e. The summed E-state index contributed by atoms with van der Waals surface area (Å²) in [4.78, 5) is 0. The molecule has 0 saturated carbocycles. The van der Waals surface area contributed by atoms with E-state index in [0.29, 0.717) is 5.92 Å². The highest BCUT2D eigenvalue weighted by Crippen LogP contribution is 2.28. The molecule has 80 valence electrons. The van der Waals surface area contributed by atoms with Crippen molar-refractivity contribution in [1.29, 1.82) is 0 Å². The number of hydrogen-bond acceptors (Lipinski definition) is 1. The van der Waals surface area contributed by atoms with E-state index in [0.717, 1.165) is 12.8 Å². The van der Waals surface area contributed by atoms with Crippen molar-refractivity contribution in [2.24, 2.45) is 17.1 Å². The Hall–Kier alpha value is -0.560. The summed E-state index contributed by atoms with van der Waals surface area (Å²) in [5.41, 5.74) is 6.17. The molecule has 1 rings (SSSR count). The maximum atomic E-state index is 5.96. The summed E-state index contributed by atoms with van der Waals surface area (Å²) >= 11 is 0. The highest BCUT2D eigenvalue weighted by molar-refractivity contribution is 5.17. The summed E-state index contributed by atoms with van der Waals surface area (Å²) in [6, 6.07) is 0. The van der Waals surface area contributed by atoms with Crippen LogP contribution in [0.4, 0.5) is 0 Å². The van der Waals surface area contributed by atoms with Crippen LogP contribution in [0.5, 0.6) is 0 Å². The topological polar surface area (TPSA) is 26.0 Å². The van der Waals surface area contributed by atoms with Crippen molar-refractivity contribution < 1.29 is 0 Å². The summed E-state index contributed by atoms with van der Waals surface area (Å²) in [5.74, 6) is 0.589. The standard InChI is InChI=1S/C13H23N/c1-12(2)8-5-11(6-9-12)7-10-13(3,4)14/h5-6,8-9,11H,7,10,14H2,1-4H3. The fourth-order valence-corrected chi connectivity index (χ4v) is 1.59. The Labute approximate surface area is 88.1 Å². The molecule has 0 saturated heterocycles. The molecule has 0 bridgehead atoms. The fraction of sp³-hybridized carbons (Fsp3) is 0.692. The SMILES string of the molecule is CC1(C)C=CC(CCC(C)(C)N)C=C1. The van der Waals surface area contributed by atoms with Crippen molar-refractivity contribution in [3.63, 3.8) is 0 Å². The zero-order chi connectivity index (χ0) is 10.8. The molecule has 0 atom stereocenters. The predicted octanol–water partition coefficient (Wildman–Crippen LogP) is 3.27. The van der Waals surface area contributed by atoms with Gasteiger partial charge in [0.05, 0.1) is 0 Å². The molecular formula is C13H23N. The van der Waals surface area contributed by atoms with Crippen molar-refractivity contribution in [2.45, 2.75) is 46.1 Å². The largest absolute Gasteiger partial charge is 0.326 e. The quantitative estimate of drug-likeness (QED) is 0.684. The van der Waals surface area contributed by atoms with Gasteiger partial charge in [-0.2, -0.15) is 0 Å². The maximum absolute atomic E-state index is 5.96. The molecule has 2 N–H and O–H groups in total. The normalized spacial score (nSPS) is 21.5. The van der Waals surface area contributed by atoms with E-state index in [4.69, 9.17) is 5.73 Å². The molecule has 14 heavy (non-hydrogen) atoms. The lowest BCUT2D eigenvalue weighted by atomic mass is 9.83. The zero-order valence-electron chi connectivity index (χ0n) is 9.88. The first-order valence-corrected chi connectivity index (χ1v) is 5.46. The van der Waals surface area contributed by atoms with Crippen molar-refractivity contribution in [3.8, 4) is 0 Å². The predicted molar refractivity (Wildman–Crippen MR) is 63.1 cm³/mol. The van der Waals surface area contributed by atoms with Crippen LogP contribution >= 0.6 is 0 Å². The van der Waals surface area contributed by atoms with Crippen LogP contribution in [0.15, 0.2) is 24.3 Å². The van der Waals surface area contributed by atoms with E-state index in [-0.39, 0.29) is 11.0 Å². The summed E-state index contributed by atoms with van der Waals surface area (Å²) in [7, 11) is 0. The molecule has 1 heteroatoms. The van der Waals surface area contributed by atoms with E-state index < -0.39 is 0 Å². The molecule has 0 aromatic heterocycles. The monoisotopic (exact) mass is 193 g/mol. The highest BCUT2D eigenvalue weighted by Gasteiger charge is 2.17. The molecule has 0 aromatic rings. The van der Waals surface area contributed by atoms with Gasteiger partial charge in [-0.25, -0.2) is 0 Å². The minimum atomic E-state index is -0.0331. The Morgan fingerprint density at radius 3 is 2.14 bits per heavy atom. The molecule has 0 fully saturated rings. The van der Waals surface area contributed by atoms with Crippen LogP contribution in [0.2, 0.25) is 0 Å². The van der Waals surface area contributed by atoms with E-state index in [1.54, 1.807) is 0 Å². The summed E-state index contributed by atoms with van der Waals surface area (Å²) in [6.45, 7) is 8.63. The Morgan fingerprint density at radius 1 is 1.21 bits per heavy atom. The van der Waals surface area contributed by atoms with Crippen molar-refractivity contribution in [1.82, 2.24) is 0 Å². The van der Waals surface area contributed by atoms with E-state index >= 15 is 0 Å². The van der Waals surface area contributed by atoms with Gasteiger partial charge < -0.3 is 5.73 Å². The van der Waals surface area contributed by atoms with E-state index in [1.165, 1.54) is 0 Å². The number of nitrogens with two attached hydrogens (primary N) is 1. The van der Waals surface area contributed by atoms with Gasteiger partial charge in [-0.3, -0.25) is 0 Å². The van der Waals surface area contributed by atoms with Gasteiger partial charge in [0.25, 0.3) is 0 Å². The van der Waals surface area contributed by atoms with Gasteiger partial charge in [-0.15, -0.1) is 0 Å². The zero-order valence-corrected chi connectivity index (χ0v) is 9.88. The number of hydrogen-bond donors (Lipinski definition) is 1. The Bertz CT molecular complexity index is 224. The van der Waals surface area contributed by atoms with Crippen LogP contribution in [0.1, 0.15) is 40.5 Å². The van der Waals surface area contributed by atoms with Crippen molar-refractivity contribution in [2.75, 3.05) is 0 Å². The van der Waals surface area contributed by atoms with Gasteiger partial charge in [0, 0.05) is 11.0 Å². The van der Waals surface area contributed by atoms with Gasteiger partial charge in [0.15, 0.2) is 0 Å². The highest BCUT2D eigenvalue weighted by atomic mass is 14.7. The van der Waals surface area contributed by atoms with E-state index in [2.05, 4.69) is 52.0 Å². The lowest BCUT2D eigenvalue weighted by molar-refractivity contribution is 0.436. The van der Waals surface area contributed by atoms with Crippen LogP contribution < -0.4 is 5.73 Å². The van der Waals surface area contributed by atoms with Gasteiger partial charge in [-0.05, 0) is 32.6 Å². The summed E-state index contributed by atoms with van der Waals surface area (Å²) in [6.07, 6.45) is 11.4. The summed E-state index contributed by atoms with van der Waals surface area (Å²) in [5, 5.41) is 0. The molecule has 1 aliphatic rings. The first kappa shape index (κ1) is 11.5. The van der Waals surface area contributed by atoms with Gasteiger partial charge >= 0.3 is 0 Å². The second kappa shape index (κ2) is 3.90. The van der Waals surface area contributed by atoms with E-state index in [9.17, 15) is 0 Å². The molecule has 1 aliphatic carbocycles. The third-order valence-corrected chi connectivity index (χ3v) is 2.67. The second-order valence-electron chi connectivity index (χ2n) is 5.73. The average molecular weight is 193 g/mol. The Balaban J connectivity index is 2.41. The minimum absolute atomic E-state index is 0.0331. The average Bonchev–Trinajstić information content (AvgIpc) is 2.01. The van der Waals surface area contributed by atoms with Gasteiger partial charge in [-0.1, -0.05) is 38.2 Å². The number of rotatable bonds is 3. The molecule has 0 unspecified atom stereocenters. The molecule has 0 aromatic carbocycles. The molecule has 0 heterocycles. The van der Waals surface area contributed by atoms with E-state index in [1.807, 2.05) is 0 Å². The van der Waals surface area contributed by atoms with Crippen LogP contribution in [-0.2, 0) is 0 Å². The van der Waals surface area contributed by atoms with Crippen LogP contribution in [0, 0.1) is 11.3 Å². The molecule has 0 radical (unpaired) electrons. The van der Waals surface area contributed by atoms with Crippen LogP contribution in [-0.4, -0.2) is 5.54 Å². The lowest BCUT2D eigenvalue weighted by Gasteiger charge is -2.24. The summed E-state index contributed by atoms with van der Waals surface area (Å²) < 4.78 is 0. The maximum Gasteiger partial charge on any atom is 0.00973 e. The lowest BCUT2D eigenvalue weighted by Crippen LogP contribution is -2.32.